The number of rotatable bonds is 7. The average Bonchev–Trinajstić information content (AvgIpc) is 3.08. The molecule has 2 aromatic rings. The normalized spacial score (nSPS) is 15.9. The van der Waals surface area contributed by atoms with Crippen molar-refractivity contribution < 1.29 is 27.5 Å². The van der Waals surface area contributed by atoms with E-state index in [1.165, 1.54) is 18.3 Å². The number of aromatic nitrogens is 2. The summed E-state index contributed by atoms with van der Waals surface area (Å²) in [4.78, 5) is 33.7. The molecule has 3 rings (SSSR count). The Morgan fingerprint density at radius 3 is 2.72 bits per heavy atom. The molecule has 32 heavy (non-hydrogen) atoms. The van der Waals surface area contributed by atoms with Crippen molar-refractivity contribution in [2.75, 3.05) is 17.7 Å². The van der Waals surface area contributed by atoms with Gasteiger partial charge in [0.15, 0.2) is 5.16 Å². The van der Waals surface area contributed by atoms with Crippen molar-refractivity contribution in [3.05, 3.63) is 33.5 Å². The van der Waals surface area contributed by atoms with Gasteiger partial charge in [0, 0.05) is 10.6 Å². The molecule has 2 aromatic heterocycles. The maximum atomic E-state index is 13.0. The number of carbonyl (C=O) groups is 2. The number of thioether (sulfide) groups is 1. The lowest BCUT2D eigenvalue weighted by molar-refractivity contribution is -0.141. The minimum atomic E-state index is -4.59. The molecular formula is C21H24F3N3O3S2. The number of amides is 1. The largest absolute Gasteiger partial charge is 0.462 e. The standard InChI is InChI=1S/C21H24F3N3O3S2/c1-4-12-6-7-13-14(9-12)32-18(17(13)19(29)30-5-2)27-16(28)10-31-20-25-11(3)8-15(26-20)21(22,23)24/h8,12H,4-7,9-10H2,1-3H3,(H,27,28)/t12-/m1/s1. The number of esters is 1. The highest BCUT2D eigenvalue weighted by atomic mass is 32.2. The Balaban J connectivity index is 1.76. The van der Waals surface area contributed by atoms with E-state index >= 15 is 0 Å². The van der Waals surface area contributed by atoms with Crippen LogP contribution in [-0.4, -0.2) is 34.2 Å². The van der Waals surface area contributed by atoms with Crippen LogP contribution in [0.5, 0.6) is 0 Å². The molecule has 0 bridgehead atoms. The van der Waals surface area contributed by atoms with Gasteiger partial charge in [0.25, 0.3) is 0 Å². The van der Waals surface area contributed by atoms with Crippen LogP contribution in [0.15, 0.2) is 11.2 Å². The molecule has 0 fully saturated rings. The zero-order valence-corrected chi connectivity index (χ0v) is 19.6. The summed E-state index contributed by atoms with van der Waals surface area (Å²) < 4.78 is 44.1. The summed E-state index contributed by atoms with van der Waals surface area (Å²) in [5.41, 5.74) is 0.439. The fraction of sp³-hybridized carbons (Fsp3) is 0.524. The van der Waals surface area contributed by atoms with E-state index in [1.54, 1.807) is 6.92 Å². The summed E-state index contributed by atoms with van der Waals surface area (Å²) in [6.45, 7) is 5.51. The van der Waals surface area contributed by atoms with Crippen LogP contribution < -0.4 is 5.32 Å². The van der Waals surface area contributed by atoms with E-state index in [4.69, 9.17) is 4.74 Å². The fourth-order valence-electron chi connectivity index (χ4n) is 3.55. The smallest absolute Gasteiger partial charge is 0.433 e. The first-order valence-corrected chi connectivity index (χ1v) is 12.1. The molecule has 0 radical (unpaired) electrons. The number of anilines is 1. The molecule has 1 atom stereocenters. The molecule has 0 aromatic carbocycles. The van der Waals surface area contributed by atoms with Crippen LogP contribution in [0.1, 0.15) is 58.9 Å². The van der Waals surface area contributed by atoms with Crippen LogP contribution >= 0.6 is 23.1 Å². The van der Waals surface area contributed by atoms with E-state index in [2.05, 4.69) is 22.2 Å². The number of hydrogen-bond donors (Lipinski definition) is 1. The Bertz CT molecular complexity index is 1010. The molecule has 11 heteroatoms. The van der Waals surface area contributed by atoms with Crippen molar-refractivity contribution in [2.24, 2.45) is 5.92 Å². The highest BCUT2D eigenvalue weighted by molar-refractivity contribution is 7.99. The van der Waals surface area contributed by atoms with Gasteiger partial charge in [-0.1, -0.05) is 25.1 Å². The van der Waals surface area contributed by atoms with Crippen LogP contribution in [0.4, 0.5) is 18.2 Å². The lowest BCUT2D eigenvalue weighted by Gasteiger charge is -2.20. The molecule has 0 saturated carbocycles. The Kier molecular flexibility index (Phi) is 7.81. The summed E-state index contributed by atoms with van der Waals surface area (Å²) in [5.74, 6) is -0.579. The molecule has 6 nitrogen and oxygen atoms in total. The highest BCUT2D eigenvalue weighted by Gasteiger charge is 2.33. The number of aryl methyl sites for hydroxylation is 1. The third kappa shape index (κ3) is 5.80. The van der Waals surface area contributed by atoms with Crippen molar-refractivity contribution in [1.29, 1.82) is 0 Å². The second-order valence-corrected chi connectivity index (χ2v) is 9.50. The molecular weight excluding hydrogens is 463 g/mol. The summed E-state index contributed by atoms with van der Waals surface area (Å²) in [6, 6.07) is 0.857. The third-order valence-corrected chi connectivity index (χ3v) is 7.15. The number of nitrogens with zero attached hydrogens (tertiary/aromatic N) is 2. The van der Waals surface area contributed by atoms with E-state index in [0.29, 0.717) is 16.5 Å². The number of hydrogen-bond acceptors (Lipinski definition) is 7. The van der Waals surface area contributed by atoms with Crippen LogP contribution in [0, 0.1) is 12.8 Å². The predicted octanol–water partition coefficient (Wildman–Crippen LogP) is 5.29. The number of ether oxygens (including phenoxy) is 1. The van der Waals surface area contributed by atoms with E-state index in [1.807, 2.05) is 0 Å². The Hall–Kier alpha value is -2.14. The van der Waals surface area contributed by atoms with Crippen LogP contribution in [0.3, 0.4) is 0 Å². The number of carbonyl (C=O) groups excluding carboxylic acids is 2. The van der Waals surface area contributed by atoms with Crippen molar-refractivity contribution in [1.82, 2.24) is 9.97 Å². The topological polar surface area (TPSA) is 81.2 Å². The summed E-state index contributed by atoms with van der Waals surface area (Å²) in [7, 11) is 0. The van der Waals surface area contributed by atoms with Crippen LogP contribution in [-0.2, 0) is 28.5 Å². The third-order valence-electron chi connectivity index (χ3n) is 5.13. The number of fused-ring (bicyclic) bond motifs is 1. The summed E-state index contributed by atoms with van der Waals surface area (Å²) in [6.07, 6.45) is -0.972. The molecule has 1 N–H and O–H groups in total. The summed E-state index contributed by atoms with van der Waals surface area (Å²) >= 11 is 2.18. The zero-order chi connectivity index (χ0) is 23.5. The first-order chi connectivity index (χ1) is 15.1. The molecule has 2 heterocycles. The monoisotopic (exact) mass is 487 g/mol. The number of thiophene rings is 1. The number of nitrogens with one attached hydrogen (secondary N) is 1. The Morgan fingerprint density at radius 1 is 1.31 bits per heavy atom. The van der Waals surface area contributed by atoms with Gasteiger partial charge >= 0.3 is 12.1 Å². The van der Waals surface area contributed by atoms with E-state index in [-0.39, 0.29) is 23.2 Å². The maximum absolute atomic E-state index is 13.0. The Morgan fingerprint density at radius 2 is 2.06 bits per heavy atom. The minimum absolute atomic E-state index is 0.130. The summed E-state index contributed by atoms with van der Waals surface area (Å²) in [5, 5.41) is 3.05. The van der Waals surface area contributed by atoms with Gasteiger partial charge in [-0.05, 0) is 50.7 Å². The lowest BCUT2D eigenvalue weighted by Crippen LogP contribution is -2.18. The molecule has 1 aliphatic rings. The van der Waals surface area contributed by atoms with Gasteiger partial charge in [-0.15, -0.1) is 11.3 Å². The highest BCUT2D eigenvalue weighted by Crippen LogP contribution is 2.41. The maximum Gasteiger partial charge on any atom is 0.433 e. The minimum Gasteiger partial charge on any atom is -0.462 e. The van der Waals surface area contributed by atoms with Gasteiger partial charge in [0.2, 0.25) is 5.91 Å². The van der Waals surface area contributed by atoms with Gasteiger partial charge in [-0.3, -0.25) is 4.79 Å². The van der Waals surface area contributed by atoms with Crippen LogP contribution in [0.25, 0.3) is 0 Å². The average molecular weight is 488 g/mol. The van der Waals surface area contributed by atoms with Gasteiger partial charge in [0.1, 0.15) is 10.7 Å². The second kappa shape index (κ2) is 10.2. The van der Waals surface area contributed by atoms with E-state index in [9.17, 15) is 22.8 Å². The fourth-order valence-corrected chi connectivity index (χ4v) is 5.62. The molecule has 174 valence electrons. The molecule has 0 aliphatic heterocycles. The quantitative estimate of drug-likeness (QED) is 0.325. The molecule has 0 spiro atoms. The Labute approximate surface area is 192 Å². The van der Waals surface area contributed by atoms with E-state index < -0.39 is 23.7 Å². The first-order valence-electron chi connectivity index (χ1n) is 10.3. The van der Waals surface area contributed by atoms with Gasteiger partial charge < -0.3 is 10.1 Å². The second-order valence-electron chi connectivity index (χ2n) is 7.46. The molecule has 1 aliphatic carbocycles. The zero-order valence-electron chi connectivity index (χ0n) is 18.0. The number of halogens is 3. The van der Waals surface area contributed by atoms with Gasteiger partial charge in [-0.25, -0.2) is 14.8 Å². The van der Waals surface area contributed by atoms with Crippen molar-refractivity contribution in [3.8, 4) is 0 Å². The molecule has 1 amide bonds. The molecule has 0 saturated heterocycles. The van der Waals surface area contributed by atoms with E-state index in [0.717, 1.165) is 54.0 Å². The van der Waals surface area contributed by atoms with Gasteiger partial charge in [-0.2, -0.15) is 13.2 Å². The van der Waals surface area contributed by atoms with Gasteiger partial charge in [0.05, 0.1) is 17.9 Å². The molecule has 0 unspecified atom stereocenters. The van der Waals surface area contributed by atoms with Crippen molar-refractivity contribution in [2.45, 2.75) is 57.8 Å². The lowest BCUT2D eigenvalue weighted by atomic mass is 9.85. The predicted molar refractivity (Wildman–Crippen MR) is 117 cm³/mol. The first kappa shape index (κ1) is 24.5. The SMILES string of the molecule is CCOC(=O)c1c(NC(=O)CSc2nc(C)cc(C(F)(F)F)n2)sc2c1CC[C@@H](CC)C2. The number of alkyl halides is 3. The van der Waals surface area contributed by atoms with Crippen molar-refractivity contribution >= 4 is 40.0 Å². The van der Waals surface area contributed by atoms with Crippen molar-refractivity contribution in [3.63, 3.8) is 0 Å². The van der Waals surface area contributed by atoms with Crippen LogP contribution in [0.2, 0.25) is 0 Å².